The van der Waals surface area contributed by atoms with Crippen LogP contribution in [0.5, 0.6) is 0 Å². The van der Waals surface area contributed by atoms with Gasteiger partial charge in [0.15, 0.2) is 0 Å². The largest absolute Gasteiger partial charge is 0.382 e. The molecule has 0 bridgehead atoms. The quantitative estimate of drug-likeness (QED) is 0.718. The Balaban J connectivity index is 2.37. The molecule has 0 fully saturated rings. The molecule has 0 aliphatic heterocycles. The van der Waals surface area contributed by atoms with Crippen LogP contribution in [0, 0.1) is 0 Å². The van der Waals surface area contributed by atoms with Gasteiger partial charge in [0, 0.05) is 19.3 Å². The van der Waals surface area contributed by atoms with Crippen LogP contribution in [-0.2, 0) is 11.2 Å². The van der Waals surface area contributed by atoms with Gasteiger partial charge in [-0.3, -0.25) is 0 Å². The van der Waals surface area contributed by atoms with Gasteiger partial charge in [0.05, 0.1) is 0 Å². The van der Waals surface area contributed by atoms with Crippen LogP contribution in [-0.4, -0.2) is 13.2 Å². The molecule has 0 aromatic heterocycles. The zero-order chi connectivity index (χ0) is 11.8. The van der Waals surface area contributed by atoms with Crippen molar-refractivity contribution in [3.8, 4) is 0 Å². The van der Waals surface area contributed by atoms with Gasteiger partial charge in [0.25, 0.3) is 0 Å². The normalized spacial score (nSPS) is 12.7. The average Bonchev–Trinajstić information content (AvgIpc) is 2.34. The lowest BCUT2D eigenvalue weighted by molar-refractivity contribution is 0.142. The highest BCUT2D eigenvalue weighted by atomic mass is 16.5. The van der Waals surface area contributed by atoms with Gasteiger partial charge in [-0.15, -0.1) is 0 Å². The molecular formula is C14H23NO. The number of hydrogen-bond donors (Lipinski definition) is 1. The van der Waals surface area contributed by atoms with Crippen molar-refractivity contribution < 1.29 is 4.74 Å². The summed E-state index contributed by atoms with van der Waals surface area (Å²) in [5.74, 6) is 0. The van der Waals surface area contributed by atoms with Gasteiger partial charge in [-0.05, 0) is 37.3 Å². The molecule has 0 saturated carbocycles. The van der Waals surface area contributed by atoms with Crippen molar-refractivity contribution in [1.29, 1.82) is 0 Å². The van der Waals surface area contributed by atoms with E-state index in [2.05, 4.69) is 31.2 Å². The Labute approximate surface area is 98.8 Å². The average molecular weight is 221 g/mol. The molecule has 0 amide bonds. The molecule has 2 nitrogen and oxygen atoms in total. The van der Waals surface area contributed by atoms with Crippen LogP contribution >= 0.6 is 0 Å². The molecule has 1 unspecified atom stereocenters. The van der Waals surface area contributed by atoms with Crippen LogP contribution in [0.1, 0.15) is 43.9 Å². The Morgan fingerprint density at radius 2 is 1.88 bits per heavy atom. The third-order valence-corrected chi connectivity index (χ3v) is 2.82. The Kier molecular flexibility index (Phi) is 6.12. The standard InChI is InChI=1S/C14H23NO/c1-3-12-7-9-13(10-8-12)14(15)6-5-11-16-4-2/h7-10,14H,3-6,11,15H2,1-2H3. The molecule has 1 atom stereocenters. The second-order valence-electron chi connectivity index (χ2n) is 4.04. The van der Waals surface area contributed by atoms with Crippen LogP contribution < -0.4 is 5.73 Å². The number of ether oxygens (including phenoxy) is 1. The Morgan fingerprint density at radius 1 is 1.19 bits per heavy atom. The summed E-state index contributed by atoms with van der Waals surface area (Å²) in [6.45, 7) is 5.79. The zero-order valence-corrected chi connectivity index (χ0v) is 10.4. The number of nitrogens with two attached hydrogens (primary N) is 1. The third-order valence-electron chi connectivity index (χ3n) is 2.82. The highest BCUT2D eigenvalue weighted by Crippen LogP contribution is 2.16. The summed E-state index contributed by atoms with van der Waals surface area (Å²) in [7, 11) is 0. The lowest BCUT2D eigenvalue weighted by Crippen LogP contribution is -2.11. The fourth-order valence-corrected chi connectivity index (χ4v) is 1.72. The SMILES string of the molecule is CCOCCCC(N)c1ccc(CC)cc1. The highest BCUT2D eigenvalue weighted by Gasteiger charge is 2.05. The van der Waals surface area contributed by atoms with E-state index < -0.39 is 0 Å². The van der Waals surface area contributed by atoms with Crippen LogP contribution in [0.15, 0.2) is 24.3 Å². The van der Waals surface area contributed by atoms with Gasteiger partial charge in [-0.2, -0.15) is 0 Å². The summed E-state index contributed by atoms with van der Waals surface area (Å²) < 4.78 is 5.30. The molecule has 16 heavy (non-hydrogen) atoms. The lowest BCUT2D eigenvalue weighted by atomic mass is 10.0. The van der Waals surface area contributed by atoms with E-state index in [0.29, 0.717) is 0 Å². The second kappa shape index (κ2) is 7.42. The maximum absolute atomic E-state index is 6.11. The molecule has 0 spiro atoms. The van der Waals surface area contributed by atoms with Crippen molar-refractivity contribution in [2.75, 3.05) is 13.2 Å². The van der Waals surface area contributed by atoms with Crippen molar-refractivity contribution in [3.05, 3.63) is 35.4 Å². The highest BCUT2D eigenvalue weighted by molar-refractivity contribution is 5.24. The molecule has 0 saturated heterocycles. The predicted octanol–water partition coefficient (Wildman–Crippen LogP) is 3.07. The first-order valence-electron chi connectivity index (χ1n) is 6.20. The summed E-state index contributed by atoms with van der Waals surface area (Å²) >= 11 is 0. The summed E-state index contributed by atoms with van der Waals surface area (Å²) in [5.41, 5.74) is 8.71. The van der Waals surface area contributed by atoms with E-state index in [1.165, 1.54) is 11.1 Å². The fraction of sp³-hybridized carbons (Fsp3) is 0.571. The summed E-state index contributed by atoms with van der Waals surface area (Å²) in [6, 6.07) is 8.76. The van der Waals surface area contributed by atoms with Gasteiger partial charge in [0.2, 0.25) is 0 Å². The molecule has 0 aliphatic carbocycles. The minimum Gasteiger partial charge on any atom is -0.382 e. The first-order valence-corrected chi connectivity index (χ1v) is 6.20. The van der Waals surface area contributed by atoms with Gasteiger partial charge >= 0.3 is 0 Å². The zero-order valence-electron chi connectivity index (χ0n) is 10.4. The maximum Gasteiger partial charge on any atom is 0.0466 e. The van der Waals surface area contributed by atoms with Crippen molar-refractivity contribution in [2.45, 2.75) is 39.2 Å². The molecule has 1 rings (SSSR count). The lowest BCUT2D eigenvalue weighted by Gasteiger charge is -2.12. The molecule has 2 heteroatoms. The van der Waals surface area contributed by atoms with E-state index in [-0.39, 0.29) is 6.04 Å². The van der Waals surface area contributed by atoms with Crippen molar-refractivity contribution in [1.82, 2.24) is 0 Å². The van der Waals surface area contributed by atoms with E-state index in [9.17, 15) is 0 Å². The fourth-order valence-electron chi connectivity index (χ4n) is 1.72. The van der Waals surface area contributed by atoms with Gasteiger partial charge in [0.1, 0.15) is 0 Å². The Hall–Kier alpha value is -0.860. The summed E-state index contributed by atoms with van der Waals surface area (Å²) in [6.07, 6.45) is 3.11. The molecule has 0 aliphatic rings. The minimum atomic E-state index is 0.145. The predicted molar refractivity (Wildman–Crippen MR) is 68.5 cm³/mol. The molecule has 1 aromatic carbocycles. The van der Waals surface area contributed by atoms with E-state index >= 15 is 0 Å². The third kappa shape index (κ3) is 4.33. The van der Waals surface area contributed by atoms with Crippen LogP contribution in [0.25, 0.3) is 0 Å². The first-order chi connectivity index (χ1) is 7.77. The van der Waals surface area contributed by atoms with Crippen LogP contribution in [0.3, 0.4) is 0 Å². The second-order valence-corrected chi connectivity index (χ2v) is 4.04. The number of aryl methyl sites for hydroxylation is 1. The number of benzene rings is 1. The van der Waals surface area contributed by atoms with Crippen LogP contribution in [0.2, 0.25) is 0 Å². The van der Waals surface area contributed by atoms with Crippen molar-refractivity contribution in [3.63, 3.8) is 0 Å². The smallest absolute Gasteiger partial charge is 0.0466 e. The summed E-state index contributed by atoms with van der Waals surface area (Å²) in [4.78, 5) is 0. The Morgan fingerprint density at radius 3 is 2.44 bits per heavy atom. The first kappa shape index (κ1) is 13.2. The monoisotopic (exact) mass is 221 g/mol. The number of rotatable bonds is 7. The van der Waals surface area contributed by atoms with Crippen molar-refractivity contribution in [2.24, 2.45) is 5.73 Å². The molecule has 1 aromatic rings. The van der Waals surface area contributed by atoms with Gasteiger partial charge < -0.3 is 10.5 Å². The minimum absolute atomic E-state index is 0.145. The molecule has 90 valence electrons. The molecular weight excluding hydrogens is 198 g/mol. The molecule has 2 N–H and O–H groups in total. The van der Waals surface area contributed by atoms with Gasteiger partial charge in [-0.1, -0.05) is 31.2 Å². The van der Waals surface area contributed by atoms with E-state index in [4.69, 9.17) is 10.5 Å². The summed E-state index contributed by atoms with van der Waals surface area (Å²) in [5, 5.41) is 0. The van der Waals surface area contributed by atoms with Crippen LogP contribution in [0.4, 0.5) is 0 Å². The van der Waals surface area contributed by atoms with Gasteiger partial charge in [-0.25, -0.2) is 0 Å². The molecule has 0 radical (unpaired) electrons. The Bertz CT molecular complexity index is 281. The van der Waals surface area contributed by atoms with Crippen molar-refractivity contribution >= 4 is 0 Å². The van der Waals surface area contributed by atoms with E-state index in [1.54, 1.807) is 0 Å². The van der Waals surface area contributed by atoms with E-state index in [1.807, 2.05) is 6.92 Å². The maximum atomic E-state index is 6.11. The number of hydrogen-bond acceptors (Lipinski definition) is 2. The van der Waals surface area contributed by atoms with E-state index in [0.717, 1.165) is 32.5 Å². The molecule has 0 heterocycles. The topological polar surface area (TPSA) is 35.2 Å².